The van der Waals surface area contributed by atoms with Crippen LogP contribution in [0.4, 0.5) is 5.95 Å². The van der Waals surface area contributed by atoms with Crippen molar-refractivity contribution in [1.82, 2.24) is 19.8 Å². The van der Waals surface area contributed by atoms with Crippen LogP contribution in [0.15, 0.2) is 18.5 Å². The molecule has 7 heteroatoms. The van der Waals surface area contributed by atoms with E-state index in [2.05, 4.69) is 19.8 Å². The number of fused-ring (bicyclic) bond motifs is 1. The molecule has 2 amide bonds. The fourth-order valence-electron chi connectivity index (χ4n) is 4.26. The molecule has 1 aromatic rings. The van der Waals surface area contributed by atoms with E-state index in [0.717, 1.165) is 26.1 Å². The summed E-state index contributed by atoms with van der Waals surface area (Å²) in [5.41, 5.74) is 0. The molecule has 3 fully saturated rings. The lowest BCUT2D eigenvalue weighted by Gasteiger charge is -2.50. The van der Waals surface area contributed by atoms with Gasteiger partial charge in [0.2, 0.25) is 17.8 Å². The van der Waals surface area contributed by atoms with Gasteiger partial charge in [0.25, 0.3) is 0 Å². The molecule has 0 aliphatic carbocycles. The SMILES string of the molecule is O=C1CCC(=O)N1CC1[C@@H]2CCCCN2CCN1c1ncccn1. The molecule has 0 aromatic carbocycles. The molecular formula is C17H23N5O2. The Morgan fingerprint density at radius 3 is 2.50 bits per heavy atom. The third kappa shape index (κ3) is 2.77. The Bertz CT molecular complexity index is 607. The first kappa shape index (κ1) is 15.5. The molecule has 4 heterocycles. The molecule has 0 saturated carbocycles. The zero-order valence-corrected chi connectivity index (χ0v) is 13.8. The standard InChI is InChI=1S/C17H23N5O2/c23-15-5-6-16(24)22(15)12-14-13-4-1-2-9-20(13)10-11-21(14)17-18-7-3-8-19-17/h3,7-8,13-14H,1-2,4-6,9-12H2/t13-,14?/m0/s1. The van der Waals surface area contributed by atoms with Gasteiger partial charge in [-0.15, -0.1) is 0 Å². The van der Waals surface area contributed by atoms with Crippen LogP contribution in [0.1, 0.15) is 32.1 Å². The van der Waals surface area contributed by atoms with E-state index in [0.29, 0.717) is 31.4 Å². The van der Waals surface area contributed by atoms with E-state index >= 15 is 0 Å². The van der Waals surface area contributed by atoms with Crippen molar-refractivity contribution in [3.8, 4) is 0 Å². The van der Waals surface area contributed by atoms with Crippen molar-refractivity contribution in [2.45, 2.75) is 44.2 Å². The van der Waals surface area contributed by atoms with Gasteiger partial charge in [-0.1, -0.05) is 6.42 Å². The van der Waals surface area contributed by atoms with Crippen LogP contribution < -0.4 is 4.90 Å². The number of piperazine rings is 1. The largest absolute Gasteiger partial charge is 0.333 e. The van der Waals surface area contributed by atoms with E-state index in [1.54, 1.807) is 12.4 Å². The zero-order valence-electron chi connectivity index (χ0n) is 13.8. The molecule has 3 aliphatic heterocycles. The van der Waals surface area contributed by atoms with Gasteiger partial charge in [-0.25, -0.2) is 9.97 Å². The summed E-state index contributed by atoms with van der Waals surface area (Å²) >= 11 is 0. The van der Waals surface area contributed by atoms with Crippen molar-refractivity contribution in [2.24, 2.45) is 0 Å². The van der Waals surface area contributed by atoms with Crippen LogP contribution in [0.2, 0.25) is 0 Å². The van der Waals surface area contributed by atoms with Gasteiger partial charge in [0.15, 0.2) is 0 Å². The molecular weight excluding hydrogens is 306 g/mol. The first-order chi connectivity index (χ1) is 11.7. The highest BCUT2D eigenvalue weighted by molar-refractivity contribution is 6.02. The van der Waals surface area contributed by atoms with Gasteiger partial charge in [0.1, 0.15) is 0 Å². The summed E-state index contributed by atoms with van der Waals surface area (Å²) in [6, 6.07) is 2.24. The molecule has 3 saturated heterocycles. The highest BCUT2D eigenvalue weighted by Gasteiger charge is 2.42. The topological polar surface area (TPSA) is 69.6 Å². The third-order valence-electron chi connectivity index (χ3n) is 5.47. The van der Waals surface area contributed by atoms with Crippen LogP contribution in [-0.4, -0.2) is 69.8 Å². The summed E-state index contributed by atoms with van der Waals surface area (Å²) in [6.45, 7) is 3.38. The third-order valence-corrected chi connectivity index (χ3v) is 5.47. The number of likely N-dealkylation sites (tertiary alicyclic amines) is 1. The molecule has 7 nitrogen and oxygen atoms in total. The second kappa shape index (κ2) is 6.47. The minimum absolute atomic E-state index is 0.0399. The zero-order chi connectivity index (χ0) is 16.5. The van der Waals surface area contributed by atoms with Gasteiger partial charge in [-0.2, -0.15) is 0 Å². The molecule has 0 radical (unpaired) electrons. The van der Waals surface area contributed by atoms with Crippen LogP contribution in [-0.2, 0) is 9.59 Å². The van der Waals surface area contributed by atoms with E-state index < -0.39 is 0 Å². The number of carbonyl (C=O) groups excluding carboxylic acids is 2. The van der Waals surface area contributed by atoms with Crippen LogP contribution in [0.5, 0.6) is 0 Å². The molecule has 1 aromatic heterocycles. The molecule has 24 heavy (non-hydrogen) atoms. The highest BCUT2D eigenvalue weighted by atomic mass is 16.2. The Morgan fingerprint density at radius 2 is 1.75 bits per heavy atom. The van der Waals surface area contributed by atoms with E-state index in [-0.39, 0.29) is 17.9 Å². The maximum atomic E-state index is 12.1. The molecule has 1 unspecified atom stereocenters. The van der Waals surface area contributed by atoms with Gasteiger partial charge < -0.3 is 4.90 Å². The highest BCUT2D eigenvalue weighted by Crippen LogP contribution is 2.29. The minimum atomic E-state index is -0.0399. The summed E-state index contributed by atoms with van der Waals surface area (Å²) < 4.78 is 0. The van der Waals surface area contributed by atoms with Crippen molar-refractivity contribution < 1.29 is 9.59 Å². The number of anilines is 1. The number of amides is 2. The molecule has 128 valence electrons. The van der Waals surface area contributed by atoms with Gasteiger partial charge in [0.05, 0.1) is 12.6 Å². The number of carbonyl (C=O) groups is 2. The number of hydrogen-bond donors (Lipinski definition) is 0. The lowest BCUT2D eigenvalue weighted by molar-refractivity contribution is -0.139. The van der Waals surface area contributed by atoms with Crippen molar-refractivity contribution in [1.29, 1.82) is 0 Å². The molecule has 0 bridgehead atoms. The number of rotatable bonds is 3. The predicted molar refractivity (Wildman–Crippen MR) is 88.3 cm³/mol. The summed E-state index contributed by atoms with van der Waals surface area (Å²) in [4.78, 5) is 39.2. The number of nitrogens with zero attached hydrogens (tertiary/aromatic N) is 5. The summed E-state index contributed by atoms with van der Waals surface area (Å²) in [7, 11) is 0. The molecule has 2 atom stereocenters. The number of piperidine rings is 1. The van der Waals surface area contributed by atoms with Gasteiger partial charge >= 0.3 is 0 Å². The van der Waals surface area contributed by atoms with Crippen molar-refractivity contribution in [3.63, 3.8) is 0 Å². The molecule has 0 N–H and O–H groups in total. The van der Waals surface area contributed by atoms with Crippen LogP contribution in [0.3, 0.4) is 0 Å². The molecule has 0 spiro atoms. The van der Waals surface area contributed by atoms with Crippen molar-refractivity contribution >= 4 is 17.8 Å². The first-order valence-corrected chi connectivity index (χ1v) is 8.85. The average Bonchev–Trinajstić information content (AvgIpc) is 2.94. The fraction of sp³-hybridized carbons (Fsp3) is 0.647. The fourth-order valence-corrected chi connectivity index (χ4v) is 4.26. The van der Waals surface area contributed by atoms with Crippen molar-refractivity contribution in [2.75, 3.05) is 31.1 Å². The Kier molecular flexibility index (Phi) is 4.18. The number of imide groups is 1. The maximum absolute atomic E-state index is 12.1. The Morgan fingerprint density at radius 1 is 1.00 bits per heavy atom. The second-order valence-electron chi connectivity index (χ2n) is 6.81. The van der Waals surface area contributed by atoms with E-state index in [4.69, 9.17) is 0 Å². The lowest BCUT2D eigenvalue weighted by Crippen LogP contribution is -2.64. The summed E-state index contributed by atoms with van der Waals surface area (Å²) in [6.07, 6.45) is 7.72. The number of hydrogen-bond acceptors (Lipinski definition) is 6. The first-order valence-electron chi connectivity index (χ1n) is 8.85. The van der Waals surface area contributed by atoms with Crippen molar-refractivity contribution in [3.05, 3.63) is 18.5 Å². The van der Waals surface area contributed by atoms with Crippen LogP contribution in [0.25, 0.3) is 0 Å². The van der Waals surface area contributed by atoms with Crippen LogP contribution >= 0.6 is 0 Å². The molecule has 3 aliphatic rings. The van der Waals surface area contributed by atoms with Gasteiger partial charge in [-0.05, 0) is 25.5 Å². The van der Waals surface area contributed by atoms with Gasteiger partial charge in [-0.3, -0.25) is 19.4 Å². The normalized spacial score (nSPS) is 28.3. The van der Waals surface area contributed by atoms with Gasteiger partial charge in [0, 0.05) is 44.4 Å². The van der Waals surface area contributed by atoms with E-state index in [1.807, 2.05) is 6.07 Å². The molecule has 4 rings (SSSR count). The Labute approximate surface area is 141 Å². The Hall–Kier alpha value is -2.02. The number of aromatic nitrogens is 2. The summed E-state index contributed by atoms with van der Waals surface area (Å²) in [5, 5.41) is 0. The Balaban J connectivity index is 1.62. The predicted octanol–water partition coefficient (Wildman–Crippen LogP) is 0.669. The quantitative estimate of drug-likeness (QED) is 0.759. The smallest absolute Gasteiger partial charge is 0.229 e. The van der Waals surface area contributed by atoms with Crippen LogP contribution in [0, 0.1) is 0 Å². The maximum Gasteiger partial charge on any atom is 0.229 e. The minimum Gasteiger partial charge on any atom is -0.333 e. The van der Waals surface area contributed by atoms with E-state index in [9.17, 15) is 9.59 Å². The lowest BCUT2D eigenvalue weighted by atomic mass is 9.91. The van der Waals surface area contributed by atoms with E-state index in [1.165, 1.54) is 17.7 Å². The summed E-state index contributed by atoms with van der Waals surface area (Å²) in [5.74, 6) is 0.621. The monoisotopic (exact) mass is 329 g/mol. The second-order valence-corrected chi connectivity index (χ2v) is 6.81. The average molecular weight is 329 g/mol.